The fourth-order valence-electron chi connectivity index (χ4n) is 3.91. The Hall–Kier alpha value is -2.71. The minimum atomic E-state index is 0.0672. The van der Waals surface area contributed by atoms with E-state index in [0.29, 0.717) is 18.5 Å². The lowest BCUT2D eigenvalue weighted by Gasteiger charge is -2.23. The van der Waals surface area contributed by atoms with Crippen molar-refractivity contribution in [1.29, 1.82) is 0 Å². The van der Waals surface area contributed by atoms with Crippen LogP contribution in [-0.2, 0) is 23.2 Å². The summed E-state index contributed by atoms with van der Waals surface area (Å²) < 4.78 is 9.82. The average Bonchev–Trinajstić information content (AvgIpc) is 3.42. The molecule has 5 rings (SSSR count). The normalized spacial score (nSPS) is 17.7. The van der Waals surface area contributed by atoms with Crippen LogP contribution in [0.3, 0.4) is 0 Å². The van der Waals surface area contributed by atoms with E-state index < -0.39 is 0 Å². The molecule has 1 amide bonds. The Morgan fingerprint density at radius 1 is 1.28 bits per heavy atom. The van der Waals surface area contributed by atoms with Gasteiger partial charge in [-0.15, -0.1) is 0 Å². The van der Waals surface area contributed by atoms with Crippen molar-refractivity contribution >= 4 is 17.2 Å². The molecule has 0 bridgehead atoms. The van der Waals surface area contributed by atoms with Crippen LogP contribution in [-0.4, -0.2) is 44.5 Å². The third-order valence-corrected chi connectivity index (χ3v) is 5.71. The van der Waals surface area contributed by atoms with Crippen molar-refractivity contribution in [3.05, 3.63) is 36.2 Å². The monoisotopic (exact) mass is 394 g/mol. The second kappa shape index (κ2) is 7.61. The van der Waals surface area contributed by atoms with E-state index in [-0.39, 0.29) is 11.8 Å². The van der Waals surface area contributed by atoms with Crippen LogP contribution in [0.1, 0.15) is 31.2 Å². The summed E-state index contributed by atoms with van der Waals surface area (Å²) in [5, 5.41) is 15.2. The Bertz CT molecular complexity index is 1030. The number of aryl methyl sites for hydroxylation is 1. The van der Waals surface area contributed by atoms with Crippen LogP contribution in [0.2, 0.25) is 0 Å². The Balaban J connectivity index is 1.36. The number of carbonyl (C=O) groups excluding carboxylic acids is 1. The molecule has 29 heavy (non-hydrogen) atoms. The maximum Gasteiger partial charge on any atom is 0.228 e. The van der Waals surface area contributed by atoms with Gasteiger partial charge in [-0.05, 0) is 50.9 Å². The predicted molar refractivity (Wildman–Crippen MR) is 109 cm³/mol. The molecule has 0 unspecified atom stereocenters. The van der Waals surface area contributed by atoms with Crippen LogP contribution >= 0.6 is 0 Å². The average molecular weight is 394 g/mol. The van der Waals surface area contributed by atoms with Gasteiger partial charge >= 0.3 is 0 Å². The first-order valence-corrected chi connectivity index (χ1v) is 10.3. The van der Waals surface area contributed by atoms with E-state index in [1.54, 1.807) is 4.52 Å². The van der Waals surface area contributed by atoms with Crippen LogP contribution in [0.5, 0.6) is 0 Å². The Morgan fingerprint density at radius 2 is 2.10 bits per heavy atom. The molecule has 0 atom stereocenters. The lowest BCUT2D eigenvalue weighted by molar-refractivity contribution is -0.117. The fraction of sp³-hybridized carbons (Fsp3) is 0.476. The smallest absolute Gasteiger partial charge is 0.228 e. The number of hydrogen-bond donors (Lipinski definition) is 2. The first kappa shape index (κ1) is 18.3. The number of pyridine rings is 1. The van der Waals surface area contributed by atoms with Crippen molar-refractivity contribution in [3.8, 4) is 11.3 Å². The lowest BCUT2D eigenvalue weighted by atomic mass is 10.1. The molecule has 8 nitrogen and oxygen atoms in total. The quantitative estimate of drug-likeness (QED) is 0.670. The topological polar surface area (TPSA) is 85.5 Å². The number of ether oxygens (including phenoxy) is 1. The van der Waals surface area contributed by atoms with Gasteiger partial charge in [-0.3, -0.25) is 9.48 Å². The van der Waals surface area contributed by atoms with Gasteiger partial charge in [0.05, 0.1) is 30.1 Å². The van der Waals surface area contributed by atoms with E-state index >= 15 is 0 Å². The van der Waals surface area contributed by atoms with Gasteiger partial charge in [0.2, 0.25) is 5.91 Å². The molecule has 0 spiro atoms. The van der Waals surface area contributed by atoms with Crippen LogP contribution < -0.4 is 10.6 Å². The summed E-state index contributed by atoms with van der Waals surface area (Å²) in [6.45, 7) is 2.59. The van der Waals surface area contributed by atoms with Crippen LogP contribution in [0.15, 0.2) is 30.6 Å². The summed E-state index contributed by atoms with van der Waals surface area (Å²) in [5.74, 6) is 0.823. The van der Waals surface area contributed by atoms with E-state index in [4.69, 9.17) is 4.74 Å². The molecular formula is C21H26N6O2. The fourth-order valence-corrected chi connectivity index (χ4v) is 3.91. The van der Waals surface area contributed by atoms with Gasteiger partial charge in [0.15, 0.2) is 5.82 Å². The minimum absolute atomic E-state index is 0.0672. The SMILES string of the molecule is Cn1ncc(COC2CCNCC2)c1-c1ccn2nc(NC(=O)C3CC3)cc2c1. The van der Waals surface area contributed by atoms with Crippen molar-refractivity contribution in [2.45, 2.75) is 38.4 Å². The summed E-state index contributed by atoms with van der Waals surface area (Å²) in [6.07, 6.45) is 8.16. The van der Waals surface area contributed by atoms with Gasteiger partial charge in [-0.25, -0.2) is 4.52 Å². The third-order valence-electron chi connectivity index (χ3n) is 5.71. The summed E-state index contributed by atoms with van der Waals surface area (Å²) in [7, 11) is 1.95. The molecule has 1 aliphatic heterocycles. The minimum Gasteiger partial charge on any atom is -0.373 e. The standard InChI is InChI=1S/C21H26N6O2/c1-26-20(16(12-23-26)13-29-18-4-7-22-8-5-18)15-6-9-27-17(10-15)11-19(25-27)24-21(28)14-2-3-14/h6,9-12,14,18,22H,2-5,7-8,13H2,1H3,(H,24,25,28). The highest BCUT2D eigenvalue weighted by Gasteiger charge is 2.30. The molecule has 8 heteroatoms. The third kappa shape index (κ3) is 3.90. The number of rotatable bonds is 6. The zero-order chi connectivity index (χ0) is 19.8. The molecule has 2 fully saturated rings. The molecule has 0 aromatic carbocycles. The molecule has 1 aliphatic carbocycles. The number of amides is 1. The number of nitrogens with one attached hydrogen (secondary N) is 2. The van der Waals surface area contributed by atoms with Crippen molar-refractivity contribution < 1.29 is 9.53 Å². The predicted octanol–water partition coefficient (Wildman–Crippen LogP) is 2.35. The van der Waals surface area contributed by atoms with Gasteiger partial charge in [0.1, 0.15) is 0 Å². The summed E-state index contributed by atoms with van der Waals surface area (Å²) >= 11 is 0. The molecule has 4 heterocycles. The molecule has 1 saturated heterocycles. The van der Waals surface area contributed by atoms with Crippen LogP contribution in [0, 0.1) is 5.92 Å². The summed E-state index contributed by atoms with van der Waals surface area (Å²) in [5.41, 5.74) is 4.12. The van der Waals surface area contributed by atoms with E-state index in [0.717, 1.165) is 61.1 Å². The summed E-state index contributed by atoms with van der Waals surface area (Å²) in [4.78, 5) is 12.0. The van der Waals surface area contributed by atoms with Crippen molar-refractivity contribution in [3.63, 3.8) is 0 Å². The molecule has 3 aromatic rings. The van der Waals surface area contributed by atoms with Gasteiger partial charge in [0.25, 0.3) is 0 Å². The second-order valence-corrected chi connectivity index (χ2v) is 7.98. The zero-order valence-electron chi connectivity index (χ0n) is 16.6. The van der Waals surface area contributed by atoms with Crippen LogP contribution in [0.4, 0.5) is 5.82 Å². The molecule has 3 aromatic heterocycles. The molecule has 2 N–H and O–H groups in total. The van der Waals surface area contributed by atoms with Crippen molar-refractivity contribution in [2.24, 2.45) is 13.0 Å². The molecule has 0 radical (unpaired) electrons. The highest BCUT2D eigenvalue weighted by atomic mass is 16.5. The zero-order valence-corrected chi connectivity index (χ0v) is 16.6. The molecule has 2 aliphatic rings. The number of anilines is 1. The number of aromatic nitrogens is 4. The molecular weight excluding hydrogens is 368 g/mol. The lowest BCUT2D eigenvalue weighted by Crippen LogP contribution is -2.32. The molecule has 152 valence electrons. The second-order valence-electron chi connectivity index (χ2n) is 7.98. The van der Waals surface area contributed by atoms with E-state index in [9.17, 15) is 4.79 Å². The Labute approximate surface area is 169 Å². The largest absolute Gasteiger partial charge is 0.373 e. The maximum atomic E-state index is 12.0. The van der Waals surface area contributed by atoms with Gasteiger partial charge in [-0.1, -0.05) is 0 Å². The van der Waals surface area contributed by atoms with Crippen molar-refractivity contribution in [2.75, 3.05) is 18.4 Å². The number of nitrogens with zero attached hydrogens (tertiary/aromatic N) is 4. The van der Waals surface area contributed by atoms with Gasteiger partial charge in [-0.2, -0.15) is 10.2 Å². The Kier molecular flexibility index (Phi) is 4.81. The number of piperidine rings is 1. The maximum absolute atomic E-state index is 12.0. The number of hydrogen-bond acceptors (Lipinski definition) is 5. The highest BCUT2D eigenvalue weighted by Crippen LogP contribution is 2.30. The van der Waals surface area contributed by atoms with E-state index in [1.807, 2.05) is 36.3 Å². The highest BCUT2D eigenvalue weighted by molar-refractivity contribution is 5.93. The van der Waals surface area contributed by atoms with Gasteiger partial charge < -0.3 is 15.4 Å². The molecule has 1 saturated carbocycles. The Morgan fingerprint density at radius 3 is 2.90 bits per heavy atom. The first-order valence-electron chi connectivity index (χ1n) is 10.3. The van der Waals surface area contributed by atoms with Crippen LogP contribution in [0.25, 0.3) is 16.8 Å². The van der Waals surface area contributed by atoms with Gasteiger partial charge in [0, 0.05) is 36.4 Å². The van der Waals surface area contributed by atoms with E-state index in [2.05, 4.69) is 26.9 Å². The number of carbonyl (C=O) groups is 1. The van der Waals surface area contributed by atoms with E-state index in [1.165, 1.54) is 0 Å². The number of fused-ring (bicyclic) bond motifs is 1. The summed E-state index contributed by atoms with van der Waals surface area (Å²) in [6, 6.07) is 6.01. The first-order chi connectivity index (χ1) is 14.2. The van der Waals surface area contributed by atoms with Crippen molar-refractivity contribution in [1.82, 2.24) is 24.7 Å².